The number of nitrogens with zero attached hydrogens (tertiary/aromatic N) is 1. The van der Waals surface area contributed by atoms with E-state index in [2.05, 4.69) is 22.1 Å². The van der Waals surface area contributed by atoms with Gasteiger partial charge in [-0.15, -0.1) is 0 Å². The van der Waals surface area contributed by atoms with Gasteiger partial charge in [-0.25, -0.2) is 9.37 Å². The Morgan fingerprint density at radius 1 is 1.38 bits per heavy atom. The molecule has 0 radical (unpaired) electrons. The number of nitrogens with two attached hydrogens (primary N) is 1. The van der Waals surface area contributed by atoms with Gasteiger partial charge in [0.05, 0.1) is 12.1 Å². The third-order valence-corrected chi connectivity index (χ3v) is 2.53. The number of rotatable bonds is 2. The Labute approximate surface area is 120 Å². The maximum Gasteiger partial charge on any atom is 0.259 e. The first kappa shape index (κ1) is 14.5. The van der Waals surface area contributed by atoms with Crippen LogP contribution in [0.2, 0.25) is 0 Å². The predicted octanol–water partition coefficient (Wildman–Crippen LogP) is 1.49. The van der Waals surface area contributed by atoms with Gasteiger partial charge in [0.1, 0.15) is 17.4 Å². The lowest BCUT2D eigenvalue weighted by Crippen LogP contribution is -2.14. The summed E-state index contributed by atoms with van der Waals surface area (Å²) in [7, 11) is 0. The third kappa shape index (κ3) is 3.78. The third-order valence-electron chi connectivity index (χ3n) is 2.53. The summed E-state index contributed by atoms with van der Waals surface area (Å²) in [5, 5.41) is 11.6. The van der Waals surface area contributed by atoms with Crippen LogP contribution >= 0.6 is 0 Å². The molecule has 4 N–H and O–H groups in total. The van der Waals surface area contributed by atoms with Gasteiger partial charge in [0.25, 0.3) is 5.91 Å². The second-order valence-corrected chi connectivity index (χ2v) is 4.05. The molecule has 0 unspecified atom stereocenters. The number of hydrogen-bond acceptors (Lipinski definition) is 4. The molecule has 0 bridgehead atoms. The van der Waals surface area contributed by atoms with Crippen LogP contribution in [-0.2, 0) is 0 Å². The molecule has 1 amide bonds. The van der Waals surface area contributed by atoms with Crippen molar-refractivity contribution in [3.05, 3.63) is 53.5 Å². The van der Waals surface area contributed by atoms with Crippen LogP contribution in [0.15, 0.2) is 36.5 Å². The Hall–Kier alpha value is -2.91. The van der Waals surface area contributed by atoms with Crippen molar-refractivity contribution >= 4 is 11.7 Å². The van der Waals surface area contributed by atoms with Crippen molar-refractivity contribution in [1.82, 2.24) is 4.98 Å². The van der Waals surface area contributed by atoms with E-state index < -0.39 is 11.7 Å². The van der Waals surface area contributed by atoms with E-state index in [1.165, 1.54) is 18.3 Å². The van der Waals surface area contributed by atoms with E-state index in [0.717, 1.165) is 6.07 Å². The van der Waals surface area contributed by atoms with Gasteiger partial charge in [-0.1, -0.05) is 11.8 Å². The first-order valence-electron chi connectivity index (χ1n) is 6.05. The summed E-state index contributed by atoms with van der Waals surface area (Å²) in [6.07, 6.45) is 1.48. The molecule has 5 nitrogen and oxygen atoms in total. The molecule has 0 aliphatic heterocycles. The van der Waals surface area contributed by atoms with Gasteiger partial charge < -0.3 is 16.2 Å². The standard InChI is InChI=1S/C15H12FN3O2/c16-13-9-11(20)3-4-12(13)15(21)19-14-8-10(2-1-6-17)5-7-18-14/h3-5,7-9,20H,6,17H2,(H,18,19,21). The van der Waals surface area contributed by atoms with Crippen LogP contribution in [0.3, 0.4) is 0 Å². The number of benzene rings is 1. The Bertz CT molecular complexity index is 735. The molecule has 106 valence electrons. The molecule has 0 saturated carbocycles. The van der Waals surface area contributed by atoms with Crippen molar-refractivity contribution in [2.45, 2.75) is 0 Å². The first-order chi connectivity index (χ1) is 10.1. The molecule has 0 aliphatic carbocycles. The summed E-state index contributed by atoms with van der Waals surface area (Å²) in [5.41, 5.74) is 5.73. The normalized spacial score (nSPS) is 9.62. The number of phenols is 1. The second-order valence-electron chi connectivity index (χ2n) is 4.05. The number of anilines is 1. The number of carbonyl (C=O) groups is 1. The number of hydrogen-bond donors (Lipinski definition) is 3. The molecule has 1 aromatic carbocycles. The number of carbonyl (C=O) groups excluding carboxylic acids is 1. The lowest BCUT2D eigenvalue weighted by molar-refractivity contribution is 0.102. The van der Waals surface area contributed by atoms with Gasteiger partial charge in [0, 0.05) is 17.8 Å². The van der Waals surface area contributed by atoms with Gasteiger partial charge in [-0.3, -0.25) is 4.79 Å². The first-order valence-corrected chi connectivity index (χ1v) is 6.05. The lowest BCUT2D eigenvalue weighted by atomic mass is 10.2. The molecular weight excluding hydrogens is 273 g/mol. The van der Waals surface area contributed by atoms with Crippen LogP contribution in [0.1, 0.15) is 15.9 Å². The summed E-state index contributed by atoms with van der Waals surface area (Å²) in [5.74, 6) is 4.01. The number of aromatic nitrogens is 1. The number of amides is 1. The molecule has 0 aliphatic rings. The fourth-order valence-electron chi connectivity index (χ4n) is 1.60. The number of phenolic OH excluding ortho intramolecular Hbond substituents is 1. The lowest BCUT2D eigenvalue weighted by Gasteiger charge is -2.06. The second kappa shape index (κ2) is 6.50. The number of halogens is 1. The van der Waals surface area contributed by atoms with E-state index in [-0.39, 0.29) is 23.7 Å². The zero-order valence-electron chi connectivity index (χ0n) is 10.9. The molecule has 0 spiro atoms. The molecular formula is C15H12FN3O2. The highest BCUT2D eigenvalue weighted by atomic mass is 19.1. The monoisotopic (exact) mass is 285 g/mol. The van der Waals surface area contributed by atoms with Gasteiger partial charge in [-0.05, 0) is 24.3 Å². The van der Waals surface area contributed by atoms with E-state index in [4.69, 9.17) is 10.8 Å². The van der Waals surface area contributed by atoms with Crippen LogP contribution in [0.4, 0.5) is 10.2 Å². The van der Waals surface area contributed by atoms with Crippen molar-refractivity contribution in [2.24, 2.45) is 5.73 Å². The van der Waals surface area contributed by atoms with Crippen molar-refractivity contribution in [3.63, 3.8) is 0 Å². The smallest absolute Gasteiger partial charge is 0.259 e. The summed E-state index contributed by atoms with van der Waals surface area (Å²) in [4.78, 5) is 15.9. The predicted molar refractivity (Wildman–Crippen MR) is 76.2 cm³/mol. The average Bonchev–Trinajstić information content (AvgIpc) is 2.45. The molecule has 0 atom stereocenters. The maximum absolute atomic E-state index is 13.6. The summed E-state index contributed by atoms with van der Waals surface area (Å²) in [6.45, 7) is 0.225. The van der Waals surface area contributed by atoms with Crippen molar-refractivity contribution in [3.8, 4) is 17.6 Å². The van der Waals surface area contributed by atoms with E-state index in [1.54, 1.807) is 12.1 Å². The molecule has 1 heterocycles. The Morgan fingerprint density at radius 3 is 2.90 bits per heavy atom. The SMILES string of the molecule is NCC#Cc1ccnc(NC(=O)c2ccc(O)cc2F)c1. The van der Waals surface area contributed by atoms with E-state index in [0.29, 0.717) is 5.56 Å². The summed E-state index contributed by atoms with van der Waals surface area (Å²) >= 11 is 0. The molecule has 21 heavy (non-hydrogen) atoms. The molecule has 2 rings (SSSR count). The minimum Gasteiger partial charge on any atom is -0.508 e. The van der Waals surface area contributed by atoms with Gasteiger partial charge >= 0.3 is 0 Å². The van der Waals surface area contributed by atoms with Crippen LogP contribution < -0.4 is 11.1 Å². The fraction of sp³-hybridized carbons (Fsp3) is 0.0667. The largest absolute Gasteiger partial charge is 0.508 e. The summed E-state index contributed by atoms with van der Waals surface area (Å²) in [6, 6.07) is 6.51. The van der Waals surface area contributed by atoms with Crippen molar-refractivity contribution < 1.29 is 14.3 Å². The fourth-order valence-corrected chi connectivity index (χ4v) is 1.60. The minimum absolute atomic E-state index is 0.187. The zero-order chi connectivity index (χ0) is 15.2. The zero-order valence-corrected chi connectivity index (χ0v) is 10.9. The molecule has 1 aromatic heterocycles. The Kier molecular flexibility index (Phi) is 4.49. The van der Waals surface area contributed by atoms with E-state index >= 15 is 0 Å². The van der Waals surface area contributed by atoms with Crippen LogP contribution in [0.5, 0.6) is 5.75 Å². The van der Waals surface area contributed by atoms with Crippen LogP contribution in [0.25, 0.3) is 0 Å². The summed E-state index contributed by atoms with van der Waals surface area (Å²) < 4.78 is 13.6. The van der Waals surface area contributed by atoms with Crippen molar-refractivity contribution in [2.75, 3.05) is 11.9 Å². The number of pyridine rings is 1. The van der Waals surface area contributed by atoms with Crippen LogP contribution in [-0.4, -0.2) is 22.5 Å². The van der Waals surface area contributed by atoms with E-state index in [9.17, 15) is 9.18 Å². The Morgan fingerprint density at radius 2 is 2.19 bits per heavy atom. The minimum atomic E-state index is -0.813. The topological polar surface area (TPSA) is 88.2 Å². The molecule has 0 fully saturated rings. The number of aromatic hydroxyl groups is 1. The maximum atomic E-state index is 13.6. The highest BCUT2D eigenvalue weighted by Crippen LogP contribution is 2.16. The number of nitrogens with one attached hydrogen (secondary N) is 1. The van der Waals surface area contributed by atoms with Crippen LogP contribution in [0, 0.1) is 17.7 Å². The average molecular weight is 285 g/mol. The molecule has 2 aromatic rings. The van der Waals surface area contributed by atoms with Gasteiger partial charge in [-0.2, -0.15) is 0 Å². The van der Waals surface area contributed by atoms with E-state index in [1.807, 2.05) is 0 Å². The molecule has 0 saturated heterocycles. The van der Waals surface area contributed by atoms with Gasteiger partial charge in [0.15, 0.2) is 0 Å². The van der Waals surface area contributed by atoms with Gasteiger partial charge in [0.2, 0.25) is 0 Å². The Balaban J connectivity index is 2.19. The highest BCUT2D eigenvalue weighted by molar-refractivity contribution is 6.04. The van der Waals surface area contributed by atoms with Crippen molar-refractivity contribution in [1.29, 1.82) is 0 Å². The quantitative estimate of drug-likeness (QED) is 0.729. The highest BCUT2D eigenvalue weighted by Gasteiger charge is 2.13. The molecule has 6 heteroatoms.